The molecule has 0 bridgehead atoms. The summed E-state index contributed by atoms with van der Waals surface area (Å²) in [6.45, 7) is 3.61. The predicted octanol–water partition coefficient (Wildman–Crippen LogP) is 1.28. The third-order valence-electron chi connectivity index (χ3n) is 1.51. The molecule has 0 heterocycles. The molecule has 0 fully saturated rings. The van der Waals surface area contributed by atoms with E-state index in [0.29, 0.717) is 0 Å². The number of hydrogen-bond donors (Lipinski definition) is 0. The Morgan fingerprint density at radius 2 is 1.50 bits per heavy atom. The van der Waals surface area contributed by atoms with Gasteiger partial charge in [0.15, 0.2) is 0 Å². The molecule has 0 spiro atoms. The maximum Gasteiger partial charge on any atom is 0.254 e. The molecule has 3 nitrogen and oxygen atoms in total. The van der Waals surface area contributed by atoms with Crippen molar-refractivity contribution in [2.75, 3.05) is 0 Å². The van der Waals surface area contributed by atoms with Crippen LogP contribution in [0.4, 0.5) is 0 Å². The second-order valence-electron chi connectivity index (χ2n) is 2.83. The number of benzene rings is 1. The van der Waals surface area contributed by atoms with Crippen LogP contribution in [0.25, 0.3) is 0 Å². The highest BCUT2D eigenvalue weighted by Gasteiger charge is 2.08. The lowest BCUT2D eigenvalue weighted by Gasteiger charge is -2.00. The van der Waals surface area contributed by atoms with Gasteiger partial charge in [0.2, 0.25) is 0 Å². The Bertz CT molecular complexity index is 375. The molecule has 1 rings (SSSR count). The molecule has 0 amide bonds. The highest BCUT2D eigenvalue weighted by molar-refractivity contribution is 7.88. The van der Waals surface area contributed by atoms with Crippen LogP contribution >= 0.6 is 0 Å². The van der Waals surface area contributed by atoms with Gasteiger partial charge in [0, 0.05) is 0 Å². The molecule has 0 aromatic heterocycles. The molecule has 0 saturated carbocycles. The first-order chi connectivity index (χ1) is 5.39. The van der Waals surface area contributed by atoms with E-state index >= 15 is 0 Å². The zero-order valence-electron chi connectivity index (χ0n) is 6.96. The molecular weight excluding hydrogens is 174 g/mol. The van der Waals surface area contributed by atoms with Crippen molar-refractivity contribution >= 4 is 10.0 Å². The average molecular weight is 184 g/mol. The molecule has 0 aliphatic rings. The maximum absolute atomic E-state index is 10.8. The Hall–Kier alpha value is -0.870. The van der Waals surface area contributed by atoms with Crippen LogP contribution in [0.1, 0.15) is 11.1 Å². The summed E-state index contributed by atoms with van der Waals surface area (Å²) >= 11 is 0. The molecule has 0 aliphatic carbocycles. The summed E-state index contributed by atoms with van der Waals surface area (Å²) in [5.41, 5.74) is 1.72. The van der Waals surface area contributed by atoms with Crippen molar-refractivity contribution in [1.29, 1.82) is 0 Å². The van der Waals surface area contributed by atoms with Crippen LogP contribution in [-0.4, -0.2) is 8.42 Å². The Balaban J connectivity index is 3.37. The van der Waals surface area contributed by atoms with E-state index in [0.717, 1.165) is 11.1 Å². The summed E-state index contributed by atoms with van der Waals surface area (Å²) in [6.07, 6.45) is 0. The van der Waals surface area contributed by atoms with Gasteiger partial charge in [-0.05, 0) is 37.1 Å². The van der Waals surface area contributed by atoms with Crippen molar-refractivity contribution in [3.8, 4) is 0 Å². The first kappa shape index (κ1) is 9.22. The van der Waals surface area contributed by atoms with E-state index in [2.05, 4.69) is 0 Å². The second kappa shape index (κ2) is 2.88. The molecule has 1 N–H and O–H groups in total. The largest absolute Gasteiger partial charge is 0.254 e. The molecule has 0 aliphatic heterocycles. The van der Waals surface area contributed by atoms with E-state index in [4.69, 9.17) is 5.14 Å². The zero-order valence-corrected chi connectivity index (χ0v) is 7.77. The van der Waals surface area contributed by atoms with E-state index in [1.807, 2.05) is 19.9 Å². The Morgan fingerprint density at radius 3 is 1.83 bits per heavy atom. The topological polar surface area (TPSA) is 57.9 Å². The number of hydrogen-bond acceptors (Lipinski definition) is 2. The monoisotopic (exact) mass is 184 g/mol. The van der Waals surface area contributed by atoms with Crippen LogP contribution < -0.4 is 5.14 Å². The van der Waals surface area contributed by atoms with E-state index in [1.165, 1.54) is 12.1 Å². The summed E-state index contributed by atoms with van der Waals surface area (Å²) in [5, 5.41) is 6.84. The Labute approximate surface area is 72.3 Å². The highest BCUT2D eigenvalue weighted by atomic mass is 32.2. The van der Waals surface area contributed by atoms with Gasteiger partial charge in [0.1, 0.15) is 0 Å². The van der Waals surface area contributed by atoms with Crippen LogP contribution in [0.3, 0.4) is 0 Å². The smallest absolute Gasteiger partial charge is 0.206 e. The fourth-order valence-electron chi connectivity index (χ4n) is 1.09. The number of rotatable bonds is 1. The molecule has 1 aromatic rings. The number of sulfonamides is 1. The molecule has 4 heteroatoms. The van der Waals surface area contributed by atoms with Crippen molar-refractivity contribution in [3.05, 3.63) is 29.3 Å². The standard InChI is InChI=1S/C8H10NO2S/c1-6-3-7(2)5-8(4-6)12(9,10)11/h3-5,9H,1-2H3. The first-order valence-corrected chi connectivity index (χ1v) is 4.96. The molecular formula is C8H10NO2S. The first-order valence-electron chi connectivity index (χ1n) is 3.47. The molecule has 1 aromatic carbocycles. The van der Waals surface area contributed by atoms with Crippen LogP contribution in [0.5, 0.6) is 0 Å². The minimum Gasteiger partial charge on any atom is -0.206 e. The number of nitrogens with one attached hydrogen (secondary N) is 1. The van der Waals surface area contributed by atoms with Gasteiger partial charge in [0.25, 0.3) is 10.0 Å². The normalized spacial score (nSPS) is 11.6. The van der Waals surface area contributed by atoms with Crippen molar-refractivity contribution in [3.63, 3.8) is 0 Å². The van der Waals surface area contributed by atoms with Gasteiger partial charge >= 0.3 is 0 Å². The summed E-state index contributed by atoms with van der Waals surface area (Å²) in [5.74, 6) is 0. The van der Waals surface area contributed by atoms with Crippen LogP contribution in [0.15, 0.2) is 23.1 Å². The molecule has 0 atom stereocenters. The highest BCUT2D eigenvalue weighted by Crippen LogP contribution is 2.12. The number of aryl methyl sites for hydroxylation is 2. The zero-order chi connectivity index (χ0) is 9.35. The minimum atomic E-state index is -3.80. The van der Waals surface area contributed by atoms with Crippen molar-refractivity contribution < 1.29 is 8.42 Å². The SMILES string of the molecule is Cc1cc(C)cc(S([NH])(=O)=O)c1. The second-order valence-corrected chi connectivity index (χ2v) is 4.31. The molecule has 65 valence electrons. The summed E-state index contributed by atoms with van der Waals surface area (Å²) in [6, 6.07) is 4.86. The van der Waals surface area contributed by atoms with Crippen LogP contribution in [0.2, 0.25) is 0 Å². The lowest BCUT2D eigenvalue weighted by atomic mass is 10.2. The lowest BCUT2D eigenvalue weighted by molar-refractivity contribution is 0.596. The Morgan fingerprint density at radius 1 is 1.08 bits per heavy atom. The van der Waals surface area contributed by atoms with E-state index < -0.39 is 10.0 Å². The van der Waals surface area contributed by atoms with Gasteiger partial charge < -0.3 is 0 Å². The third kappa shape index (κ3) is 2.06. The molecule has 0 saturated heterocycles. The molecule has 0 unspecified atom stereocenters. The maximum atomic E-state index is 10.8. The molecule has 1 radical (unpaired) electrons. The third-order valence-corrected chi connectivity index (χ3v) is 2.36. The quantitative estimate of drug-likeness (QED) is 0.660. The fourth-order valence-corrected chi connectivity index (χ4v) is 1.77. The van der Waals surface area contributed by atoms with Gasteiger partial charge in [-0.15, -0.1) is 5.14 Å². The van der Waals surface area contributed by atoms with Crippen molar-refractivity contribution in [1.82, 2.24) is 5.14 Å². The van der Waals surface area contributed by atoms with Gasteiger partial charge in [-0.2, -0.15) is 0 Å². The van der Waals surface area contributed by atoms with E-state index in [9.17, 15) is 8.42 Å². The predicted molar refractivity (Wildman–Crippen MR) is 46.2 cm³/mol. The van der Waals surface area contributed by atoms with E-state index in [1.54, 1.807) is 0 Å². The van der Waals surface area contributed by atoms with Gasteiger partial charge in [-0.25, -0.2) is 8.42 Å². The average Bonchev–Trinajstić information content (AvgIpc) is 1.82. The van der Waals surface area contributed by atoms with Gasteiger partial charge in [-0.3, -0.25) is 0 Å². The summed E-state index contributed by atoms with van der Waals surface area (Å²) < 4.78 is 21.6. The van der Waals surface area contributed by atoms with Crippen molar-refractivity contribution in [2.45, 2.75) is 18.7 Å². The lowest BCUT2D eigenvalue weighted by Crippen LogP contribution is -2.01. The van der Waals surface area contributed by atoms with Gasteiger partial charge in [-0.1, -0.05) is 6.07 Å². The van der Waals surface area contributed by atoms with Crippen LogP contribution in [0, 0.1) is 13.8 Å². The van der Waals surface area contributed by atoms with Gasteiger partial charge in [0.05, 0.1) is 4.90 Å². The van der Waals surface area contributed by atoms with E-state index in [-0.39, 0.29) is 4.90 Å². The summed E-state index contributed by atoms with van der Waals surface area (Å²) in [7, 11) is -3.80. The molecule has 12 heavy (non-hydrogen) atoms. The minimum absolute atomic E-state index is 0.0694. The van der Waals surface area contributed by atoms with Crippen LogP contribution in [-0.2, 0) is 10.0 Å². The summed E-state index contributed by atoms with van der Waals surface area (Å²) in [4.78, 5) is 0.0694. The Kier molecular flexibility index (Phi) is 2.21. The fraction of sp³-hybridized carbons (Fsp3) is 0.250. The van der Waals surface area contributed by atoms with Crippen molar-refractivity contribution in [2.24, 2.45) is 0 Å².